The van der Waals surface area contributed by atoms with Crippen molar-refractivity contribution in [1.82, 2.24) is 0 Å². The Labute approximate surface area is 546 Å². The first kappa shape index (κ1) is 83.8. The van der Waals surface area contributed by atoms with Crippen molar-refractivity contribution in [2.24, 2.45) is 0 Å². The second-order valence-corrected chi connectivity index (χ2v) is 24.6. The first-order chi connectivity index (χ1) is 43.6. The van der Waals surface area contributed by atoms with Gasteiger partial charge in [-0.15, -0.1) is 0 Å². The van der Waals surface area contributed by atoms with Crippen molar-refractivity contribution in [3.05, 3.63) is 146 Å². The van der Waals surface area contributed by atoms with E-state index < -0.39 is 6.10 Å². The zero-order chi connectivity index (χ0) is 63.3. The predicted octanol–water partition coefficient (Wildman–Crippen LogP) is 26.4. The van der Waals surface area contributed by atoms with Gasteiger partial charge in [-0.1, -0.05) is 359 Å². The van der Waals surface area contributed by atoms with E-state index in [-0.39, 0.29) is 25.2 Å². The van der Waals surface area contributed by atoms with E-state index in [9.17, 15) is 14.7 Å². The van der Waals surface area contributed by atoms with Crippen LogP contribution in [0, 0.1) is 0 Å². The maximum atomic E-state index is 12.4. The molecule has 0 amide bonds. The van der Waals surface area contributed by atoms with Crippen LogP contribution in [0.2, 0.25) is 0 Å². The van der Waals surface area contributed by atoms with E-state index >= 15 is 0 Å². The van der Waals surface area contributed by atoms with E-state index in [1.165, 1.54) is 212 Å². The Morgan fingerprint density at radius 2 is 0.489 bits per heavy atom. The molecule has 1 atom stereocenters. The van der Waals surface area contributed by atoms with Gasteiger partial charge in [0.2, 0.25) is 0 Å². The lowest BCUT2D eigenvalue weighted by molar-refractivity contribution is -0.161. The molecule has 0 aliphatic heterocycles. The summed E-state index contributed by atoms with van der Waals surface area (Å²) in [6.07, 6.45) is 116. The first-order valence-electron chi connectivity index (χ1n) is 37.4. The molecule has 0 saturated heterocycles. The van der Waals surface area contributed by atoms with Crippen LogP contribution in [0.4, 0.5) is 0 Å². The number of ether oxygens (including phenoxy) is 2. The predicted molar refractivity (Wildman–Crippen MR) is 389 cm³/mol. The lowest BCUT2D eigenvalue weighted by atomic mass is 10.0. The quantitative estimate of drug-likeness (QED) is 0.0373. The fourth-order valence-corrected chi connectivity index (χ4v) is 10.6. The lowest BCUT2D eigenvalue weighted by Gasteiger charge is -2.15. The topological polar surface area (TPSA) is 72.8 Å². The summed E-state index contributed by atoms with van der Waals surface area (Å²) >= 11 is 0. The third kappa shape index (κ3) is 74.2. The molecule has 0 heterocycles. The van der Waals surface area contributed by atoms with Crippen molar-refractivity contribution < 1.29 is 24.2 Å². The Morgan fingerprint density at radius 1 is 0.273 bits per heavy atom. The van der Waals surface area contributed by atoms with E-state index in [0.717, 1.165) is 109 Å². The Morgan fingerprint density at radius 3 is 0.739 bits per heavy atom. The number of aliphatic hydroxyl groups excluding tert-OH is 1. The summed E-state index contributed by atoms with van der Waals surface area (Å²) in [6.45, 7) is 4.04. The molecule has 1 unspecified atom stereocenters. The summed E-state index contributed by atoms with van der Waals surface area (Å²) in [4.78, 5) is 24.7. The highest BCUT2D eigenvalue weighted by atomic mass is 16.6. The summed E-state index contributed by atoms with van der Waals surface area (Å²) in [5, 5.41) is 9.72. The molecule has 5 heteroatoms. The van der Waals surface area contributed by atoms with E-state index in [4.69, 9.17) is 9.47 Å². The highest BCUT2D eigenvalue weighted by Crippen LogP contribution is 2.18. The second kappa shape index (κ2) is 77.0. The molecule has 0 rings (SSSR count). The maximum absolute atomic E-state index is 12.4. The van der Waals surface area contributed by atoms with Gasteiger partial charge in [0, 0.05) is 12.8 Å². The van der Waals surface area contributed by atoms with E-state index in [2.05, 4.69) is 160 Å². The molecule has 0 fully saturated rings. The second-order valence-electron chi connectivity index (χ2n) is 24.6. The van der Waals surface area contributed by atoms with Crippen LogP contribution >= 0.6 is 0 Å². The Balaban J connectivity index is 3.50. The van der Waals surface area contributed by atoms with Crippen LogP contribution < -0.4 is 0 Å². The zero-order valence-electron chi connectivity index (χ0n) is 57.7. The van der Waals surface area contributed by atoms with Gasteiger partial charge >= 0.3 is 11.9 Å². The standard InChI is InChI=1S/C83H140O5/c1-3-5-7-9-11-13-15-17-19-21-23-25-27-29-31-33-35-37-38-39-40-41-42-43-44-46-48-50-52-54-56-58-60-62-64-66-68-70-72-74-76-78-83(86)88-81(79-84)80-87-82(85)77-75-73-71-69-67-65-63-61-59-57-55-53-51-49-47-45-36-34-32-30-28-26-24-22-20-18-16-14-12-10-8-6-4-2/h5,7,11,13,16-19,22-25,28-31,35,37,39-40,42-43,46,48,81,84H,3-4,6,8-10,12,14-15,20-21,26-27,32-34,36,38,41,44-45,47,49-80H2,1-2H3/b7-5-,13-11-,18-16-,19-17-,24-22-,25-23-,30-28-,31-29-,37-35-,40-39-,43-42-,48-46-. The SMILES string of the molecule is CC/C=C\C/C=C\C/C=C\C/C=C\C/C=C\C/C=C\C/C=C\C/C=C\C/C=C\CCCCCCCCCCCCCCCC(=O)OC(CO)COC(=O)CCCCCCCCCCCCCCCCCCCC/C=C\C/C=C\C/C=C\CCCCCCC. The Hall–Kier alpha value is -4.22. The third-order valence-corrected chi connectivity index (χ3v) is 16.1. The van der Waals surface area contributed by atoms with Crippen molar-refractivity contribution >= 4 is 11.9 Å². The van der Waals surface area contributed by atoms with E-state index in [1.807, 2.05) is 0 Å². The van der Waals surface area contributed by atoms with Gasteiger partial charge in [0.05, 0.1) is 6.61 Å². The monoisotopic (exact) mass is 1220 g/mol. The molecular weight excluding hydrogens is 1080 g/mol. The summed E-state index contributed by atoms with van der Waals surface area (Å²) in [7, 11) is 0. The van der Waals surface area contributed by atoms with Crippen molar-refractivity contribution in [1.29, 1.82) is 0 Å². The van der Waals surface area contributed by atoms with Crippen molar-refractivity contribution in [3.8, 4) is 0 Å². The minimum atomic E-state index is -0.781. The summed E-state index contributed by atoms with van der Waals surface area (Å²) in [6, 6.07) is 0. The number of carbonyl (C=O) groups excluding carboxylic acids is 2. The van der Waals surface area contributed by atoms with Crippen LogP contribution in [-0.4, -0.2) is 36.4 Å². The average Bonchev–Trinajstić information content (AvgIpc) is 3.56. The van der Waals surface area contributed by atoms with E-state index in [1.54, 1.807) is 0 Å². The van der Waals surface area contributed by atoms with Crippen LogP contribution in [0.25, 0.3) is 0 Å². The van der Waals surface area contributed by atoms with Crippen LogP contribution in [0.3, 0.4) is 0 Å². The molecule has 0 aromatic heterocycles. The summed E-state index contributed by atoms with van der Waals surface area (Å²) in [5.74, 6) is -0.585. The van der Waals surface area contributed by atoms with Gasteiger partial charge in [-0.3, -0.25) is 9.59 Å². The molecule has 1 N–H and O–H groups in total. The summed E-state index contributed by atoms with van der Waals surface area (Å²) < 4.78 is 10.8. The van der Waals surface area contributed by atoms with Gasteiger partial charge in [-0.25, -0.2) is 0 Å². The zero-order valence-corrected chi connectivity index (χ0v) is 57.7. The molecule has 502 valence electrons. The Bertz CT molecular complexity index is 1810. The molecule has 0 aliphatic carbocycles. The first-order valence-corrected chi connectivity index (χ1v) is 37.4. The molecule has 0 spiro atoms. The highest BCUT2D eigenvalue weighted by molar-refractivity contribution is 5.70. The molecule has 0 radical (unpaired) electrons. The fourth-order valence-electron chi connectivity index (χ4n) is 10.6. The Kier molecular flexibility index (Phi) is 73.3. The normalized spacial score (nSPS) is 13.1. The lowest BCUT2D eigenvalue weighted by Crippen LogP contribution is -2.28. The minimum absolute atomic E-state index is 0.0694. The van der Waals surface area contributed by atoms with Gasteiger partial charge in [-0.05, 0) is 122 Å². The maximum Gasteiger partial charge on any atom is 0.306 e. The average molecular weight is 1220 g/mol. The van der Waals surface area contributed by atoms with Crippen LogP contribution in [0.1, 0.15) is 348 Å². The molecule has 0 aromatic carbocycles. The van der Waals surface area contributed by atoms with Crippen LogP contribution in [-0.2, 0) is 19.1 Å². The number of esters is 2. The number of allylic oxidation sites excluding steroid dienone is 24. The molecule has 0 aromatic rings. The molecule has 0 saturated carbocycles. The number of aliphatic hydroxyl groups is 1. The molecular formula is C83H140O5. The van der Waals surface area contributed by atoms with Crippen LogP contribution in [0.5, 0.6) is 0 Å². The molecule has 88 heavy (non-hydrogen) atoms. The van der Waals surface area contributed by atoms with Gasteiger partial charge in [-0.2, -0.15) is 0 Å². The minimum Gasteiger partial charge on any atom is -0.462 e. The number of rotatable bonds is 68. The molecule has 5 nitrogen and oxygen atoms in total. The molecule has 0 bridgehead atoms. The molecule has 0 aliphatic rings. The number of unbranched alkanes of at least 4 members (excludes halogenated alkanes) is 36. The number of hydrogen-bond acceptors (Lipinski definition) is 5. The highest BCUT2D eigenvalue weighted by Gasteiger charge is 2.16. The third-order valence-electron chi connectivity index (χ3n) is 16.1. The van der Waals surface area contributed by atoms with Gasteiger partial charge < -0.3 is 14.6 Å². The van der Waals surface area contributed by atoms with Crippen molar-refractivity contribution in [2.75, 3.05) is 13.2 Å². The van der Waals surface area contributed by atoms with E-state index in [0.29, 0.717) is 12.8 Å². The smallest absolute Gasteiger partial charge is 0.306 e. The summed E-state index contributed by atoms with van der Waals surface area (Å²) in [5.41, 5.74) is 0. The fraction of sp³-hybridized carbons (Fsp3) is 0.687. The van der Waals surface area contributed by atoms with Gasteiger partial charge in [0.1, 0.15) is 6.61 Å². The van der Waals surface area contributed by atoms with Crippen molar-refractivity contribution in [3.63, 3.8) is 0 Å². The van der Waals surface area contributed by atoms with Gasteiger partial charge in [0.15, 0.2) is 6.10 Å². The number of hydrogen-bond donors (Lipinski definition) is 1. The number of carbonyl (C=O) groups is 2. The van der Waals surface area contributed by atoms with Crippen molar-refractivity contribution in [2.45, 2.75) is 354 Å². The van der Waals surface area contributed by atoms with Gasteiger partial charge in [0.25, 0.3) is 0 Å². The van der Waals surface area contributed by atoms with Crippen LogP contribution in [0.15, 0.2) is 146 Å². The largest absolute Gasteiger partial charge is 0.462 e.